The number of ether oxygens (including phenoxy) is 1. The number of carbonyl (C=O) groups is 2. The van der Waals surface area contributed by atoms with E-state index in [2.05, 4.69) is 4.74 Å². The van der Waals surface area contributed by atoms with Crippen LogP contribution >= 0.6 is 0 Å². The molecular weight excluding hydrogens is 191 g/mol. The molecule has 0 atom stereocenters. The zero-order valence-corrected chi connectivity index (χ0v) is 7.28. The van der Waals surface area contributed by atoms with Gasteiger partial charge in [-0.1, -0.05) is 0 Å². The van der Waals surface area contributed by atoms with E-state index in [9.17, 15) is 14.0 Å². The monoisotopic (exact) mass is 198 g/mol. The molecule has 1 aromatic carbocycles. The molecular formula is C9H7FO4. The normalized spacial score (nSPS) is 9.57. The molecule has 0 heterocycles. The zero-order valence-electron chi connectivity index (χ0n) is 7.28. The van der Waals surface area contributed by atoms with Gasteiger partial charge in [-0.05, 0) is 12.1 Å². The lowest BCUT2D eigenvalue weighted by molar-refractivity contribution is 0.0696. The van der Waals surface area contributed by atoms with Gasteiger partial charge in [0.15, 0.2) is 17.9 Å². The van der Waals surface area contributed by atoms with Crippen molar-refractivity contribution in [2.75, 3.05) is 7.11 Å². The molecule has 1 rings (SSSR count). The number of carboxylic acids is 1. The van der Waals surface area contributed by atoms with Gasteiger partial charge < -0.3 is 9.84 Å². The lowest BCUT2D eigenvalue weighted by atomic mass is 10.1. The fourth-order valence-electron chi connectivity index (χ4n) is 1.04. The van der Waals surface area contributed by atoms with Crippen LogP contribution in [0.5, 0.6) is 5.75 Å². The van der Waals surface area contributed by atoms with Crippen molar-refractivity contribution in [1.82, 2.24) is 0 Å². The Morgan fingerprint density at radius 3 is 2.64 bits per heavy atom. The highest BCUT2D eigenvalue weighted by Crippen LogP contribution is 2.22. The second-order valence-corrected chi connectivity index (χ2v) is 2.50. The molecule has 0 spiro atoms. The minimum atomic E-state index is -1.30. The Hall–Kier alpha value is -1.91. The summed E-state index contributed by atoms with van der Waals surface area (Å²) in [4.78, 5) is 21.0. The molecule has 0 fully saturated rings. The Morgan fingerprint density at radius 2 is 2.21 bits per heavy atom. The maximum atomic E-state index is 13.1. The standard InChI is InChI=1S/C9H7FO4/c1-14-8-6(4-11)2-5(9(12)13)3-7(8)10/h2-4H,1H3,(H,12,13). The number of rotatable bonds is 3. The van der Waals surface area contributed by atoms with E-state index in [0.717, 1.165) is 12.1 Å². The van der Waals surface area contributed by atoms with Crippen LogP contribution in [0.3, 0.4) is 0 Å². The van der Waals surface area contributed by atoms with Crippen molar-refractivity contribution in [2.45, 2.75) is 0 Å². The van der Waals surface area contributed by atoms with Crippen molar-refractivity contribution in [2.24, 2.45) is 0 Å². The minimum Gasteiger partial charge on any atom is -0.493 e. The first-order chi connectivity index (χ1) is 6.60. The van der Waals surface area contributed by atoms with Gasteiger partial charge >= 0.3 is 5.97 Å². The number of hydrogen-bond acceptors (Lipinski definition) is 3. The lowest BCUT2D eigenvalue weighted by Gasteiger charge is -2.05. The molecule has 1 N–H and O–H groups in total. The first-order valence-corrected chi connectivity index (χ1v) is 3.66. The molecule has 0 aliphatic rings. The topological polar surface area (TPSA) is 63.6 Å². The lowest BCUT2D eigenvalue weighted by Crippen LogP contribution is -2.02. The number of carboxylic acid groups (broad SMARTS) is 1. The van der Waals surface area contributed by atoms with E-state index in [-0.39, 0.29) is 16.9 Å². The summed E-state index contributed by atoms with van der Waals surface area (Å²) in [5, 5.41) is 8.57. The van der Waals surface area contributed by atoms with E-state index in [4.69, 9.17) is 5.11 Å². The second-order valence-electron chi connectivity index (χ2n) is 2.50. The van der Waals surface area contributed by atoms with Crippen LogP contribution in [0.4, 0.5) is 4.39 Å². The first kappa shape index (κ1) is 10.2. The summed E-state index contributed by atoms with van der Waals surface area (Å²) in [7, 11) is 1.20. The van der Waals surface area contributed by atoms with Crippen LogP contribution in [0.15, 0.2) is 12.1 Å². The number of aldehydes is 1. The molecule has 74 valence electrons. The molecule has 4 nitrogen and oxygen atoms in total. The third-order valence-corrected chi connectivity index (χ3v) is 1.65. The number of halogens is 1. The Balaban J connectivity index is 3.38. The molecule has 14 heavy (non-hydrogen) atoms. The second kappa shape index (κ2) is 3.87. The Bertz CT molecular complexity index is 387. The fourth-order valence-corrected chi connectivity index (χ4v) is 1.04. The summed E-state index contributed by atoms with van der Waals surface area (Å²) in [6.45, 7) is 0. The van der Waals surface area contributed by atoms with Gasteiger partial charge in [-0.3, -0.25) is 4.79 Å². The van der Waals surface area contributed by atoms with E-state index in [0.29, 0.717) is 6.29 Å². The third kappa shape index (κ3) is 1.71. The van der Waals surface area contributed by atoms with E-state index in [1.54, 1.807) is 0 Å². The Kier molecular flexibility index (Phi) is 2.81. The third-order valence-electron chi connectivity index (χ3n) is 1.65. The van der Waals surface area contributed by atoms with Crippen LogP contribution in [-0.4, -0.2) is 24.5 Å². The van der Waals surface area contributed by atoms with Crippen molar-refractivity contribution in [3.8, 4) is 5.75 Å². The summed E-state index contributed by atoms with van der Waals surface area (Å²) in [5.74, 6) is -2.41. The molecule has 0 aliphatic carbocycles. The van der Waals surface area contributed by atoms with Crippen molar-refractivity contribution >= 4 is 12.3 Å². The maximum absolute atomic E-state index is 13.1. The number of benzene rings is 1. The number of hydrogen-bond donors (Lipinski definition) is 1. The molecule has 0 radical (unpaired) electrons. The van der Waals surface area contributed by atoms with E-state index in [1.807, 2.05) is 0 Å². The first-order valence-electron chi connectivity index (χ1n) is 3.66. The highest BCUT2D eigenvalue weighted by atomic mass is 19.1. The SMILES string of the molecule is COc1c(F)cc(C(=O)O)cc1C=O. The van der Waals surface area contributed by atoms with E-state index >= 15 is 0 Å². The van der Waals surface area contributed by atoms with Gasteiger partial charge in [0.1, 0.15) is 0 Å². The van der Waals surface area contributed by atoms with Gasteiger partial charge in [0.05, 0.1) is 18.2 Å². The van der Waals surface area contributed by atoms with Crippen LogP contribution in [0.1, 0.15) is 20.7 Å². The van der Waals surface area contributed by atoms with E-state index < -0.39 is 11.8 Å². The van der Waals surface area contributed by atoms with Crippen LogP contribution in [0.25, 0.3) is 0 Å². The summed E-state index contributed by atoms with van der Waals surface area (Å²) in [5.41, 5.74) is -0.407. The van der Waals surface area contributed by atoms with E-state index in [1.165, 1.54) is 7.11 Å². The molecule has 0 aromatic heterocycles. The minimum absolute atomic E-state index is 0.120. The molecule has 0 saturated carbocycles. The van der Waals surface area contributed by atoms with Crippen molar-refractivity contribution in [1.29, 1.82) is 0 Å². The van der Waals surface area contributed by atoms with Gasteiger partial charge in [0, 0.05) is 0 Å². The van der Waals surface area contributed by atoms with Gasteiger partial charge in [-0.2, -0.15) is 0 Å². The highest BCUT2D eigenvalue weighted by molar-refractivity contribution is 5.91. The van der Waals surface area contributed by atoms with Crippen molar-refractivity contribution < 1.29 is 23.8 Å². The predicted octanol–water partition coefficient (Wildman–Crippen LogP) is 1.34. The van der Waals surface area contributed by atoms with Crippen LogP contribution in [0, 0.1) is 5.82 Å². The van der Waals surface area contributed by atoms with Gasteiger partial charge in [0.2, 0.25) is 0 Å². The average molecular weight is 198 g/mol. The summed E-state index contributed by atoms with van der Waals surface area (Å²) in [6, 6.07) is 1.85. The zero-order chi connectivity index (χ0) is 10.7. The predicted molar refractivity (Wildman–Crippen MR) is 45.3 cm³/mol. The quantitative estimate of drug-likeness (QED) is 0.744. The molecule has 1 aromatic rings. The Morgan fingerprint density at radius 1 is 1.57 bits per heavy atom. The summed E-state index contributed by atoms with van der Waals surface area (Å²) >= 11 is 0. The highest BCUT2D eigenvalue weighted by Gasteiger charge is 2.14. The van der Waals surface area contributed by atoms with Crippen LogP contribution < -0.4 is 4.74 Å². The molecule has 5 heteroatoms. The fraction of sp³-hybridized carbons (Fsp3) is 0.111. The number of aromatic carboxylic acids is 1. The van der Waals surface area contributed by atoms with Gasteiger partial charge in [-0.15, -0.1) is 0 Å². The summed E-state index contributed by atoms with van der Waals surface area (Å²) < 4.78 is 17.7. The van der Waals surface area contributed by atoms with Crippen molar-refractivity contribution in [3.05, 3.63) is 29.1 Å². The van der Waals surface area contributed by atoms with Crippen LogP contribution in [-0.2, 0) is 0 Å². The number of carbonyl (C=O) groups excluding carboxylic acids is 1. The molecule has 0 bridgehead atoms. The summed E-state index contributed by atoms with van der Waals surface area (Å²) in [6.07, 6.45) is 0.342. The molecule has 0 unspecified atom stereocenters. The van der Waals surface area contributed by atoms with Crippen LogP contribution in [0.2, 0.25) is 0 Å². The van der Waals surface area contributed by atoms with Gasteiger partial charge in [0.25, 0.3) is 0 Å². The number of methoxy groups -OCH3 is 1. The average Bonchev–Trinajstić information content (AvgIpc) is 2.16. The molecule has 0 aliphatic heterocycles. The van der Waals surface area contributed by atoms with Gasteiger partial charge in [-0.25, -0.2) is 9.18 Å². The maximum Gasteiger partial charge on any atom is 0.335 e. The Labute approximate surface area is 78.9 Å². The largest absolute Gasteiger partial charge is 0.493 e. The molecule has 0 saturated heterocycles. The molecule has 0 amide bonds. The smallest absolute Gasteiger partial charge is 0.335 e. The van der Waals surface area contributed by atoms with Crippen molar-refractivity contribution in [3.63, 3.8) is 0 Å².